The molecule has 0 aliphatic heterocycles. The van der Waals surface area contributed by atoms with Gasteiger partial charge in [-0.3, -0.25) is 4.98 Å². The largest absolute Gasteiger partial charge is 1.00 e. The summed E-state index contributed by atoms with van der Waals surface area (Å²) in [5, 5.41) is 12.4. The van der Waals surface area contributed by atoms with Gasteiger partial charge in [-0.05, 0) is 24.3 Å². The van der Waals surface area contributed by atoms with Gasteiger partial charge in [0.05, 0.1) is 22.3 Å². The fourth-order valence-corrected chi connectivity index (χ4v) is 2.44. The number of carbonyl (C=O) groups is 1. The van der Waals surface area contributed by atoms with Crippen molar-refractivity contribution in [1.29, 1.82) is 0 Å². The predicted molar refractivity (Wildman–Crippen MR) is 84.5 cm³/mol. The molecule has 2 aromatic carbocycles. The van der Waals surface area contributed by atoms with Crippen LogP contribution in [-0.4, -0.2) is 16.1 Å². The monoisotopic (exact) mass is 356 g/mol. The fraction of sp³-hybridized carbons (Fsp3) is 0.0588. The number of rotatable bonds is 3. The third kappa shape index (κ3) is 3.95. The minimum Gasteiger partial charge on any atom is -1.00 e. The van der Waals surface area contributed by atoms with E-state index in [-0.39, 0.29) is 53.1 Å². The number of nitrogens with one attached hydrogen (secondary N) is 1. The molecule has 1 aromatic heterocycles. The van der Waals surface area contributed by atoms with Crippen molar-refractivity contribution in [2.24, 2.45) is 0 Å². The number of alkyl halides is 3. The van der Waals surface area contributed by atoms with Gasteiger partial charge in [-0.25, -0.2) is 4.79 Å². The summed E-state index contributed by atoms with van der Waals surface area (Å²) in [4.78, 5) is 15.1. The van der Waals surface area contributed by atoms with Crippen molar-refractivity contribution in [1.82, 2.24) is 4.98 Å². The average molecular weight is 356 g/mol. The Kier molecular flexibility index (Phi) is 5.72. The number of anilines is 2. The molecule has 3 aromatic rings. The molecule has 1 heterocycles. The zero-order chi connectivity index (χ0) is 17.3. The number of halogens is 3. The number of hydrogen-bond donors (Lipinski definition) is 2. The predicted octanol–water partition coefficient (Wildman–Crippen LogP) is 1.81. The zero-order valence-corrected chi connectivity index (χ0v) is 15.1. The first-order valence-corrected chi connectivity index (χ1v) is 6.92. The van der Waals surface area contributed by atoms with Gasteiger partial charge < -0.3 is 11.8 Å². The van der Waals surface area contributed by atoms with E-state index in [9.17, 15) is 23.1 Å². The van der Waals surface area contributed by atoms with E-state index < -0.39 is 17.7 Å². The van der Waals surface area contributed by atoms with Crippen molar-refractivity contribution in [2.45, 2.75) is 6.18 Å². The first kappa shape index (κ1) is 19.2. The van der Waals surface area contributed by atoms with E-state index in [1.54, 1.807) is 18.2 Å². The van der Waals surface area contributed by atoms with E-state index in [4.69, 9.17) is 0 Å². The number of carboxylic acid groups (broad SMARTS) is 1. The van der Waals surface area contributed by atoms with Crippen LogP contribution < -0.4 is 34.9 Å². The molecular weight excluding hydrogens is 344 g/mol. The molecule has 2 N–H and O–H groups in total. The van der Waals surface area contributed by atoms with E-state index in [0.717, 1.165) is 6.07 Å². The molecule has 0 atom stereocenters. The molecule has 0 fully saturated rings. The minimum atomic E-state index is -4.52. The summed E-state index contributed by atoms with van der Waals surface area (Å²) in [6, 6.07) is 11.4. The second-order valence-electron chi connectivity index (χ2n) is 5.03. The summed E-state index contributed by atoms with van der Waals surface area (Å²) < 4.78 is 39.3. The molecule has 0 saturated heterocycles. The molecule has 3 rings (SSSR count). The van der Waals surface area contributed by atoms with E-state index in [1.165, 1.54) is 30.5 Å². The number of carboxylic acids is 1. The van der Waals surface area contributed by atoms with Gasteiger partial charge in [-0.15, -0.1) is 0 Å². The second kappa shape index (κ2) is 7.43. The summed E-state index contributed by atoms with van der Waals surface area (Å²) in [5.74, 6) is -1.13. The zero-order valence-electron chi connectivity index (χ0n) is 14.1. The van der Waals surface area contributed by atoms with Gasteiger partial charge in [0.15, 0.2) is 0 Å². The molecule has 0 saturated carbocycles. The molecule has 0 radical (unpaired) electrons. The molecule has 25 heavy (non-hydrogen) atoms. The van der Waals surface area contributed by atoms with Crippen LogP contribution in [0, 0.1) is 0 Å². The Morgan fingerprint density at radius 2 is 1.76 bits per heavy atom. The van der Waals surface area contributed by atoms with Gasteiger partial charge in [0, 0.05) is 17.3 Å². The standard InChI is InChI=1S/C17H11F3N2O2.Na.H/c18-17(19,20)12-6-3-5-10-14(8-9-21-15(10)12)22-13-7-2-1-4-11(13)16(23)24;;/h1-9H,(H,21,22)(H,23,24);;/q;+1;-1. The topological polar surface area (TPSA) is 62.2 Å². The molecular formula is C17H12F3N2NaO2. The fourth-order valence-electron chi connectivity index (χ4n) is 2.44. The number of aromatic nitrogens is 1. The van der Waals surface area contributed by atoms with E-state index in [2.05, 4.69) is 10.3 Å². The van der Waals surface area contributed by atoms with Crippen LogP contribution in [0.2, 0.25) is 0 Å². The number of para-hydroxylation sites is 2. The van der Waals surface area contributed by atoms with Crippen LogP contribution in [0.1, 0.15) is 17.3 Å². The summed E-state index contributed by atoms with van der Waals surface area (Å²) in [5.41, 5.74) is -0.373. The third-order valence-corrected chi connectivity index (χ3v) is 3.50. The van der Waals surface area contributed by atoms with Gasteiger partial charge in [-0.1, -0.05) is 24.3 Å². The van der Waals surface area contributed by atoms with Gasteiger partial charge in [-0.2, -0.15) is 13.2 Å². The van der Waals surface area contributed by atoms with Crippen LogP contribution >= 0.6 is 0 Å². The summed E-state index contributed by atoms with van der Waals surface area (Å²) in [6.45, 7) is 0. The molecule has 0 unspecified atom stereocenters. The Labute approximate surface area is 164 Å². The van der Waals surface area contributed by atoms with Gasteiger partial charge in [0.25, 0.3) is 0 Å². The summed E-state index contributed by atoms with van der Waals surface area (Å²) >= 11 is 0. The Morgan fingerprint density at radius 3 is 2.44 bits per heavy atom. The minimum absolute atomic E-state index is 0. The maximum absolute atomic E-state index is 13.1. The van der Waals surface area contributed by atoms with Crippen LogP contribution in [0.5, 0.6) is 0 Å². The van der Waals surface area contributed by atoms with Crippen molar-refractivity contribution in [2.75, 3.05) is 5.32 Å². The Hall–Kier alpha value is -2.09. The number of aromatic carboxylic acids is 1. The quantitative estimate of drug-likeness (QED) is 0.703. The van der Waals surface area contributed by atoms with Crippen molar-refractivity contribution in [3.05, 3.63) is 65.9 Å². The van der Waals surface area contributed by atoms with Gasteiger partial charge in [0.1, 0.15) is 0 Å². The van der Waals surface area contributed by atoms with Crippen molar-refractivity contribution >= 4 is 28.2 Å². The van der Waals surface area contributed by atoms with Crippen LogP contribution in [-0.2, 0) is 6.18 Å². The molecule has 4 nitrogen and oxygen atoms in total. The smallest absolute Gasteiger partial charge is 1.00 e. The third-order valence-electron chi connectivity index (χ3n) is 3.50. The normalized spacial score (nSPS) is 11.0. The SMILES string of the molecule is O=C(O)c1ccccc1Nc1ccnc2c(C(F)(F)F)cccc12.[H-].[Na+]. The summed E-state index contributed by atoms with van der Waals surface area (Å²) in [6.07, 6.45) is -3.27. The van der Waals surface area contributed by atoms with E-state index >= 15 is 0 Å². The summed E-state index contributed by atoms with van der Waals surface area (Å²) in [7, 11) is 0. The average Bonchev–Trinajstić information content (AvgIpc) is 2.54. The van der Waals surface area contributed by atoms with Crippen LogP contribution in [0.3, 0.4) is 0 Å². The maximum Gasteiger partial charge on any atom is 1.00 e. The Morgan fingerprint density at radius 1 is 1.04 bits per heavy atom. The number of fused-ring (bicyclic) bond motifs is 1. The molecule has 0 spiro atoms. The number of hydrogen-bond acceptors (Lipinski definition) is 3. The first-order valence-electron chi connectivity index (χ1n) is 6.92. The Balaban J connectivity index is 0.00000169. The Bertz CT molecular complexity index is 935. The second-order valence-corrected chi connectivity index (χ2v) is 5.03. The maximum atomic E-state index is 13.1. The van der Waals surface area contributed by atoms with Crippen LogP contribution in [0.15, 0.2) is 54.7 Å². The van der Waals surface area contributed by atoms with Crippen molar-refractivity contribution < 1.29 is 54.1 Å². The van der Waals surface area contributed by atoms with Crippen molar-refractivity contribution in [3.63, 3.8) is 0 Å². The molecule has 0 aliphatic carbocycles. The first-order chi connectivity index (χ1) is 11.4. The molecule has 0 amide bonds. The van der Waals surface area contributed by atoms with Crippen LogP contribution in [0.25, 0.3) is 10.9 Å². The van der Waals surface area contributed by atoms with Crippen LogP contribution in [0.4, 0.5) is 24.5 Å². The van der Waals surface area contributed by atoms with Gasteiger partial charge in [0.2, 0.25) is 0 Å². The van der Waals surface area contributed by atoms with E-state index in [1.807, 2.05) is 0 Å². The molecule has 124 valence electrons. The number of benzene rings is 2. The molecule has 0 aliphatic rings. The van der Waals surface area contributed by atoms with Crippen molar-refractivity contribution in [3.8, 4) is 0 Å². The molecule has 8 heteroatoms. The molecule has 0 bridgehead atoms. The number of pyridine rings is 1. The van der Waals surface area contributed by atoms with E-state index in [0.29, 0.717) is 5.69 Å². The number of nitrogens with zero attached hydrogens (tertiary/aromatic N) is 1. The van der Waals surface area contributed by atoms with Gasteiger partial charge >= 0.3 is 41.7 Å².